The standard InChI is InChI=1S/C31H30N4O3.C28H34N6O2.C19H24N4O.C15H21N3O2/c1-37-27-11-7-23(8-12-27)20-34-26(18-22-5-9-24(10-6-22)28-4-2-3-15-32-28)21-35-29(31(34)36)19-33-30(35)25-13-16-38-17-14-25;1-19(2)17-33-26-24(27(35)32(4)28(33)36)25(29-22-9-6-5-7-10-22)34(30-26)18-20-12-14-21(15-13-20)23-11-8-16-31(23)3;24-17-16-20-21-18(19(9-10-19)13-7-8-13)23(16)15-4-2-1-3-14(15)22(17)11-12-5-6-12;1-5-10(6-2)18-15-11-7-8-12(19-3)14(20-4)13(11)16-9-17-15/h2-12,15,19,21,25H,13-14,16-18,20H2,1H3;5-7,9-10,12-15,19,23,29H,8,11,16-18H2,1-4H3;12-13H,1-11H2;7-10H,5-6H2,1-4H3,(H,16,17,18). The number of hydrogen-bond donors (Lipinski definition) is 2. The van der Waals surface area contributed by atoms with Crippen LogP contribution in [0.5, 0.6) is 17.2 Å². The highest BCUT2D eigenvalue weighted by Crippen LogP contribution is 2.62. The van der Waals surface area contributed by atoms with Crippen LogP contribution < -0.4 is 47.2 Å². The lowest BCUT2D eigenvalue weighted by atomic mass is 9.97. The van der Waals surface area contributed by atoms with E-state index < -0.39 is 0 Å². The van der Waals surface area contributed by atoms with Crippen LogP contribution in [0.25, 0.3) is 44.4 Å². The number of benzene rings is 5. The van der Waals surface area contributed by atoms with Crippen LogP contribution in [0.15, 0.2) is 178 Å². The summed E-state index contributed by atoms with van der Waals surface area (Å²) in [5, 5.41) is 22.1. The molecule has 2 aliphatic heterocycles. The van der Waals surface area contributed by atoms with Gasteiger partial charge in [-0.2, -0.15) is 5.10 Å². The van der Waals surface area contributed by atoms with E-state index in [2.05, 4.69) is 125 Å². The zero-order valence-corrected chi connectivity index (χ0v) is 69.4. The molecule has 13 aromatic rings. The first-order chi connectivity index (χ1) is 57.5. The number of rotatable bonds is 24. The highest BCUT2D eigenvalue weighted by Gasteiger charge is 2.58. The minimum atomic E-state index is -0.348. The summed E-state index contributed by atoms with van der Waals surface area (Å²) in [4.78, 5) is 73.6. The molecule has 2 saturated heterocycles. The Morgan fingerprint density at radius 1 is 0.653 bits per heavy atom. The molecule has 4 aliphatic carbocycles. The second-order valence-corrected chi connectivity index (χ2v) is 33.1. The number of hydrogen-bond acceptors (Lipinski definition) is 18. The van der Waals surface area contributed by atoms with E-state index in [0.29, 0.717) is 83.6 Å². The summed E-state index contributed by atoms with van der Waals surface area (Å²) >= 11 is 0. The average molecular weight is 1590 g/mol. The fourth-order valence-electron chi connectivity index (χ4n) is 17.5. The second-order valence-electron chi connectivity index (χ2n) is 33.1. The van der Waals surface area contributed by atoms with Crippen molar-refractivity contribution in [3.05, 3.63) is 251 Å². The smallest absolute Gasteiger partial charge is 0.332 e. The number of nitrogens with zero attached hydrogens (tertiary/aromatic N) is 15. The number of methoxy groups -OCH3 is 3. The van der Waals surface area contributed by atoms with E-state index in [1.807, 2.05) is 112 Å². The predicted octanol–water partition coefficient (Wildman–Crippen LogP) is 15.1. The van der Waals surface area contributed by atoms with Crippen LogP contribution in [0.4, 0.5) is 17.3 Å². The van der Waals surface area contributed by atoms with E-state index >= 15 is 0 Å². The number of aryl methyl sites for hydroxylation is 1. The van der Waals surface area contributed by atoms with E-state index in [1.54, 1.807) is 44.6 Å². The molecule has 10 heterocycles. The summed E-state index contributed by atoms with van der Waals surface area (Å²) in [6.07, 6.45) is 26.4. The molecule has 19 rings (SSSR count). The topological polar surface area (TPSA) is 256 Å². The van der Waals surface area contributed by atoms with Crippen LogP contribution in [-0.4, -0.2) is 126 Å². The first-order valence-electron chi connectivity index (χ1n) is 42.3. The molecule has 1 unspecified atom stereocenters. The van der Waals surface area contributed by atoms with Gasteiger partial charge in [0, 0.05) is 109 Å². The maximum Gasteiger partial charge on any atom is 0.332 e. The van der Waals surface area contributed by atoms with Crippen molar-refractivity contribution in [3.8, 4) is 28.5 Å². The summed E-state index contributed by atoms with van der Waals surface area (Å²) < 4.78 is 34.4. The number of aromatic nitrogens is 14. The lowest BCUT2D eigenvalue weighted by Gasteiger charge is -2.24. The zero-order chi connectivity index (χ0) is 81.7. The summed E-state index contributed by atoms with van der Waals surface area (Å²) in [7, 11) is 8.60. The molecule has 0 spiro atoms. The monoisotopic (exact) mass is 1590 g/mol. The first kappa shape index (κ1) is 80.2. The van der Waals surface area contributed by atoms with E-state index in [1.165, 1.54) is 92.8 Å². The molecule has 614 valence electrons. The fraction of sp³-hybridized carbons (Fsp3) is 0.430. The van der Waals surface area contributed by atoms with Crippen LogP contribution >= 0.6 is 0 Å². The van der Waals surface area contributed by atoms with Gasteiger partial charge in [0.1, 0.15) is 51.8 Å². The van der Waals surface area contributed by atoms with Crippen LogP contribution in [0.1, 0.15) is 181 Å². The van der Waals surface area contributed by atoms with E-state index in [9.17, 15) is 19.2 Å². The first-order valence-corrected chi connectivity index (χ1v) is 42.3. The Morgan fingerprint density at radius 3 is 2.03 bits per heavy atom. The number of ether oxygens (including phenoxy) is 4. The number of pyridine rings is 1. The number of likely N-dealkylation sites (tertiary alicyclic amines) is 1. The molecular weight excluding hydrogens is 1480 g/mol. The highest BCUT2D eigenvalue weighted by molar-refractivity contribution is 5.95. The van der Waals surface area contributed by atoms with E-state index in [0.717, 1.165) is 144 Å². The molecule has 3 saturated carbocycles. The molecule has 25 heteroatoms. The summed E-state index contributed by atoms with van der Waals surface area (Å²) in [6.45, 7) is 13.3. The van der Waals surface area contributed by atoms with Crippen molar-refractivity contribution in [3.63, 3.8) is 0 Å². The molecule has 1 atom stereocenters. The molecule has 8 aromatic heterocycles. The molecule has 0 amide bonds. The lowest BCUT2D eigenvalue weighted by Crippen LogP contribution is -2.38. The van der Waals surface area contributed by atoms with Crippen molar-refractivity contribution in [2.75, 3.05) is 58.8 Å². The summed E-state index contributed by atoms with van der Waals surface area (Å²) in [5.41, 5.74) is 13.0. The minimum absolute atomic E-state index is 0.0331. The number of para-hydroxylation sites is 1. The van der Waals surface area contributed by atoms with Gasteiger partial charge in [0.2, 0.25) is 5.65 Å². The third kappa shape index (κ3) is 16.9. The highest BCUT2D eigenvalue weighted by atomic mass is 16.5. The quantitative estimate of drug-likeness (QED) is 0.0570. The van der Waals surface area contributed by atoms with Gasteiger partial charge in [-0.25, -0.2) is 24.4 Å². The Balaban J connectivity index is 0.000000121. The molecule has 5 aromatic carbocycles. The van der Waals surface area contributed by atoms with E-state index in [-0.39, 0.29) is 39.6 Å². The van der Waals surface area contributed by atoms with Crippen molar-refractivity contribution >= 4 is 50.4 Å². The maximum absolute atomic E-state index is 13.8. The van der Waals surface area contributed by atoms with Crippen LogP contribution in [0.2, 0.25) is 0 Å². The van der Waals surface area contributed by atoms with Crippen LogP contribution in [0, 0.1) is 17.8 Å². The van der Waals surface area contributed by atoms with Crippen molar-refractivity contribution in [1.29, 1.82) is 0 Å². The van der Waals surface area contributed by atoms with Gasteiger partial charge in [0.25, 0.3) is 16.7 Å². The predicted molar refractivity (Wildman–Crippen MR) is 462 cm³/mol. The molecule has 25 nitrogen and oxygen atoms in total. The third-order valence-electron chi connectivity index (χ3n) is 24.6. The zero-order valence-electron chi connectivity index (χ0n) is 69.4. The normalized spacial score (nSPS) is 16.4. The van der Waals surface area contributed by atoms with Gasteiger partial charge in [-0.05, 0) is 205 Å². The number of anilines is 3. The maximum atomic E-state index is 13.8. The Labute approximate surface area is 687 Å². The molecule has 2 N–H and O–H groups in total. The number of nitrogens with one attached hydrogen (secondary N) is 2. The van der Waals surface area contributed by atoms with Crippen LogP contribution in [-0.2, 0) is 62.6 Å². The van der Waals surface area contributed by atoms with Gasteiger partial charge in [0.15, 0.2) is 17.1 Å². The van der Waals surface area contributed by atoms with Crippen molar-refractivity contribution in [2.24, 2.45) is 24.8 Å². The number of fused-ring (bicyclic) bond motifs is 6. The largest absolute Gasteiger partial charge is 0.497 e. The van der Waals surface area contributed by atoms with Crippen molar-refractivity contribution in [1.82, 2.24) is 71.9 Å². The molecular formula is C93H109N17O8. The van der Waals surface area contributed by atoms with Crippen LogP contribution in [0.3, 0.4) is 0 Å². The summed E-state index contributed by atoms with van der Waals surface area (Å²) in [6, 6.07) is 45.3. The lowest BCUT2D eigenvalue weighted by molar-refractivity contribution is 0.0835. The molecule has 5 fully saturated rings. The van der Waals surface area contributed by atoms with Gasteiger partial charge >= 0.3 is 5.69 Å². The molecule has 0 radical (unpaired) electrons. The van der Waals surface area contributed by atoms with Gasteiger partial charge in [-0.3, -0.25) is 42.2 Å². The summed E-state index contributed by atoms with van der Waals surface area (Å²) in [5.74, 6) is 7.61. The Bertz CT molecular complexity index is 5950. The SMILES string of the molecule is CC(C)Cn1c(=O)n(C)c(=O)c2c(Nc3ccccc3)n(Cc3ccc(C4CCCN4C)cc3)nc21.CCC(CC)Nc1ncnc2c(OC)c(OC)ccc12.COc1ccc(Cn2c(Cc3ccc(-c4ccccn4)cc3)cn3c(C4CCOCC4)ncc3c2=O)cc1.O=c1c2nnc(C3(C4CC4)CC3)n2c2c(n1CC1CC1)CCCC2. The minimum Gasteiger partial charge on any atom is -0.497 e. The molecule has 6 aliphatic rings. The molecule has 0 bridgehead atoms. The van der Waals surface area contributed by atoms with Crippen molar-refractivity contribution in [2.45, 2.75) is 186 Å². The van der Waals surface area contributed by atoms with Gasteiger partial charge in [-0.1, -0.05) is 113 Å². The van der Waals surface area contributed by atoms with E-state index in [4.69, 9.17) is 29.0 Å². The van der Waals surface area contributed by atoms with Crippen molar-refractivity contribution < 1.29 is 18.9 Å². The Kier molecular flexibility index (Phi) is 24.0. The Hall–Kier alpha value is -11.6. The van der Waals surface area contributed by atoms with Gasteiger partial charge in [-0.15, -0.1) is 10.2 Å². The number of imidazole rings is 1. The Morgan fingerprint density at radius 2 is 1.37 bits per heavy atom. The third-order valence-corrected chi connectivity index (χ3v) is 24.6. The van der Waals surface area contributed by atoms with Gasteiger partial charge < -0.3 is 38.7 Å². The average Bonchev–Trinajstić information content (AvgIpc) is 1.54. The fourth-order valence-corrected chi connectivity index (χ4v) is 17.5. The second kappa shape index (κ2) is 35.3. The molecule has 118 heavy (non-hydrogen) atoms. The van der Waals surface area contributed by atoms with Gasteiger partial charge in [0.05, 0.1) is 46.3 Å².